The summed E-state index contributed by atoms with van der Waals surface area (Å²) in [6.07, 6.45) is -1.56. The lowest BCUT2D eigenvalue weighted by atomic mass is 10.1. The average molecular weight is 251 g/mol. The van der Waals surface area contributed by atoms with Gasteiger partial charge in [0.25, 0.3) is 0 Å². The number of ether oxygens (including phenoxy) is 1. The van der Waals surface area contributed by atoms with Gasteiger partial charge in [-0.3, -0.25) is 0 Å². The number of phenolic OH excluding ortho intramolecular Hbond substituents is 1. The van der Waals surface area contributed by atoms with Crippen LogP contribution in [0.3, 0.4) is 0 Å². The molecule has 1 aromatic rings. The van der Waals surface area contributed by atoms with E-state index >= 15 is 0 Å². The first kappa shape index (κ1) is 11.9. The minimum absolute atomic E-state index is 0.111. The Hall–Kier alpha value is -1.13. The van der Waals surface area contributed by atoms with Crippen molar-refractivity contribution in [2.24, 2.45) is 0 Å². The van der Waals surface area contributed by atoms with Gasteiger partial charge in [0.1, 0.15) is 5.02 Å². The summed E-state index contributed by atoms with van der Waals surface area (Å²) in [6, 6.07) is 0. The van der Waals surface area contributed by atoms with Crippen LogP contribution in [0.5, 0.6) is 11.5 Å². The monoisotopic (exact) mass is 250 g/mol. The maximum Gasteiger partial charge on any atom is 0.511 e. The maximum absolute atomic E-state index is 10.3. The molecule has 0 bridgehead atoms. The Kier molecular flexibility index (Phi) is 3.31. The van der Waals surface area contributed by atoms with Gasteiger partial charge in [0.2, 0.25) is 0 Å². The SMILES string of the molecule is Cc1c(C)c(Cl)c(Cl)c(OC(=O)O)c1O. The quantitative estimate of drug-likeness (QED) is 0.593. The zero-order valence-electron chi connectivity index (χ0n) is 7.97. The number of benzene rings is 1. The minimum atomic E-state index is -1.56. The highest BCUT2D eigenvalue weighted by molar-refractivity contribution is 6.43. The van der Waals surface area contributed by atoms with Gasteiger partial charge in [-0.15, -0.1) is 0 Å². The Morgan fingerprint density at radius 1 is 1.20 bits per heavy atom. The molecular formula is C9H8Cl2O4. The third-order valence-electron chi connectivity index (χ3n) is 2.04. The Morgan fingerprint density at radius 2 is 1.73 bits per heavy atom. The molecule has 0 spiro atoms. The number of halogens is 2. The molecule has 1 rings (SSSR count). The van der Waals surface area contributed by atoms with Crippen LogP contribution < -0.4 is 4.74 Å². The predicted octanol–water partition coefficient (Wildman–Crippen LogP) is 3.37. The molecule has 0 aliphatic heterocycles. The lowest BCUT2D eigenvalue weighted by molar-refractivity contribution is 0.143. The van der Waals surface area contributed by atoms with E-state index in [0.29, 0.717) is 11.1 Å². The Labute approximate surface area is 96.0 Å². The molecule has 0 saturated heterocycles. The van der Waals surface area contributed by atoms with Crippen LogP contribution in [0, 0.1) is 13.8 Å². The molecule has 6 heteroatoms. The molecule has 82 valence electrons. The summed E-state index contributed by atoms with van der Waals surface area (Å²) < 4.78 is 4.34. The van der Waals surface area contributed by atoms with E-state index in [1.165, 1.54) is 0 Å². The molecule has 0 amide bonds. The van der Waals surface area contributed by atoms with Crippen LogP contribution in [0.15, 0.2) is 0 Å². The fourth-order valence-corrected chi connectivity index (χ4v) is 1.56. The van der Waals surface area contributed by atoms with Crippen molar-refractivity contribution < 1.29 is 19.7 Å². The van der Waals surface area contributed by atoms with Gasteiger partial charge in [-0.25, -0.2) is 4.79 Å². The normalized spacial score (nSPS) is 10.1. The van der Waals surface area contributed by atoms with Crippen molar-refractivity contribution in [1.29, 1.82) is 0 Å². The number of rotatable bonds is 1. The summed E-state index contributed by atoms with van der Waals surface area (Å²) in [6.45, 7) is 3.25. The summed E-state index contributed by atoms with van der Waals surface area (Å²) >= 11 is 11.6. The summed E-state index contributed by atoms with van der Waals surface area (Å²) in [5.41, 5.74) is 1.01. The molecule has 2 N–H and O–H groups in total. The van der Waals surface area contributed by atoms with E-state index in [9.17, 15) is 9.90 Å². The molecule has 0 atom stereocenters. The predicted molar refractivity (Wildman–Crippen MR) is 56.3 cm³/mol. The molecule has 0 aliphatic rings. The topological polar surface area (TPSA) is 66.8 Å². The number of carbonyl (C=O) groups is 1. The van der Waals surface area contributed by atoms with Gasteiger partial charge in [-0.05, 0) is 25.0 Å². The molecule has 0 heterocycles. The Bertz CT molecular complexity index is 400. The molecule has 0 radical (unpaired) electrons. The summed E-state index contributed by atoms with van der Waals surface area (Å²) in [4.78, 5) is 10.3. The van der Waals surface area contributed by atoms with E-state index < -0.39 is 6.16 Å². The fraction of sp³-hybridized carbons (Fsp3) is 0.222. The summed E-state index contributed by atoms with van der Waals surface area (Å²) in [7, 11) is 0. The van der Waals surface area contributed by atoms with Crippen molar-refractivity contribution in [1.82, 2.24) is 0 Å². The van der Waals surface area contributed by atoms with E-state index in [0.717, 1.165) is 0 Å². The van der Waals surface area contributed by atoms with Gasteiger partial charge in [0.05, 0.1) is 5.02 Å². The molecular weight excluding hydrogens is 243 g/mol. The van der Waals surface area contributed by atoms with E-state index in [1.807, 2.05) is 0 Å². The van der Waals surface area contributed by atoms with Crippen LogP contribution in [0.25, 0.3) is 0 Å². The molecule has 1 aromatic carbocycles. The minimum Gasteiger partial charge on any atom is -0.504 e. The van der Waals surface area contributed by atoms with Crippen molar-refractivity contribution in [3.05, 3.63) is 21.2 Å². The van der Waals surface area contributed by atoms with Crippen molar-refractivity contribution in [3.63, 3.8) is 0 Å². The lowest BCUT2D eigenvalue weighted by Crippen LogP contribution is -2.05. The number of phenols is 1. The number of carboxylic acid groups (broad SMARTS) is 1. The van der Waals surface area contributed by atoms with Crippen LogP contribution in [-0.2, 0) is 0 Å². The maximum atomic E-state index is 10.3. The first-order valence-electron chi connectivity index (χ1n) is 3.94. The number of hydrogen-bond donors (Lipinski definition) is 2. The van der Waals surface area contributed by atoms with Crippen molar-refractivity contribution in [2.45, 2.75) is 13.8 Å². The molecule has 0 unspecified atom stereocenters. The summed E-state index contributed by atoms with van der Waals surface area (Å²) in [5.74, 6) is -0.651. The first-order chi connectivity index (χ1) is 6.86. The number of hydrogen-bond acceptors (Lipinski definition) is 3. The summed E-state index contributed by atoms with van der Waals surface area (Å²) in [5, 5.41) is 18.1. The first-order valence-corrected chi connectivity index (χ1v) is 4.69. The van der Waals surface area contributed by atoms with Gasteiger partial charge in [0.15, 0.2) is 11.5 Å². The van der Waals surface area contributed by atoms with E-state index in [2.05, 4.69) is 4.74 Å². The zero-order chi connectivity index (χ0) is 11.7. The Morgan fingerprint density at radius 3 is 2.20 bits per heavy atom. The second kappa shape index (κ2) is 4.16. The second-order valence-corrected chi connectivity index (χ2v) is 3.68. The molecule has 15 heavy (non-hydrogen) atoms. The third kappa shape index (κ3) is 2.11. The van der Waals surface area contributed by atoms with Crippen LogP contribution >= 0.6 is 23.2 Å². The van der Waals surface area contributed by atoms with Gasteiger partial charge < -0.3 is 14.9 Å². The largest absolute Gasteiger partial charge is 0.511 e. The van der Waals surface area contributed by atoms with Crippen molar-refractivity contribution in [2.75, 3.05) is 0 Å². The third-order valence-corrected chi connectivity index (χ3v) is 2.97. The average Bonchev–Trinajstić information content (AvgIpc) is 2.18. The standard InChI is InChI=1S/C9H8Cl2O4/c1-3-4(2)7(12)8(15-9(13)14)6(11)5(3)10/h12H,1-2H3,(H,13,14). The molecule has 4 nitrogen and oxygen atoms in total. The highest BCUT2D eigenvalue weighted by atomic mass is 35.5. The van der Waals surface area contributed by atoms with Crippen LogP contribution in [0.4, 0.5) is 4.79 Å². The van der Waals surface area contributed by atoms with E-state index in [1.54, 1.807) is 13.8 Å². The van der Waals surface area contributed by atoms with Crippen molar-refractivity contribution >= 4 is 29.4 Å². The highest BCUT2D eigenvalue weighted by Crippen LogP contribution is 2.44. The van der Waals surface area contributed by atoms with E-state index in [-0.39, 0.29) is 21.5 Å². The number of aromatic hydroxyl groups is 1. The smallest absolute Gasteiger partial charge is 0.504 e. The zero-order valence-corrected chi connectivity index (χ0v) is 9.48. The lowest BCUT2D eigenvalue weighted by Gasteiger charge is -2.12. The highest BCUT2D eigenvalue weighted by Gasteiger charge is 2.20. The molecule has 0 saturated carbocycles. The molecule has 0 aromatic heterocycles. The van der Waals surface area contributed by atoms with Gasteiger partial charge >= 0.3 is 6.16 Å². The van der Waals surface area contributed by atoms with E-state index in [4.69, 9.17) is 28.3 Å². The van der Waals surface area contributed by atoms with Gasteiger partial charge in [-0.1, -0.05) is 23.2 Å². The van der Waals surface area contributed by atoms with Gasteiger partial charge in [0, 0.05) is 0 Å². The second-order valence-electron chi connectivity index (χ2n) is 2.92. The van der Waals surface area contributed by atoms with Crippen molar-refractivity contribution in [3.8, 4) is 11.5 Å². The molecule has 0 fully saturated rings. The van der Waals surface area contributed by atoms with Crippen LogP contribution in [0.1, 0.15) is 11.1 Å². The fourth-order valence-electron chi connectivity index (χ4n) is 1.06. The molecule has 0 aliphatic carbocycles. The van der Waals surface area contributed by atoms with Gasteiger partial charge in [-0.2, -0.15) is 0 Å². The van der Waals surface area contributed by atoms with Crippen LogP contribution in [0.2, 0.25) is 10.0 Å². The Balaban J connectivity index is 3.45. The van der Waals surface area contributed by atoms with Crippen LogP contribution in [-0.4, -0.2) is 16.4 Å².